The van der Waals surface area contributed by atoms with Gasteiger partial charge in [-0.15, -0.1) is 0 Å². The highest BCUT2D eigenvalue weighted by Gasteiger charge is 2.24. The zero-order chi connectivity index (χ0) is 16.4. The molecule has 0 fully saturated rings. The first-order chi connectivity index (χ1) is 11.0. The molecule has 2 aromatic rings. The molecule has 0 radical (unpaired) electrons. The molecule has 0 saturated heterocycles. The van der Waals surface area contributed by atoms with Gasteiger partial charge in [-0.05, 0) is 42.0 Å². The van der Waals surface area contributed by atoms with Gasteiger partial charge in [-0.1, -0.05) is 18.2 Å². The fourth-order valence-electron chi connectivity index (χ4n) is 2.18. The average Bonchev–Trinajstić information content (AvgIpc) is 2.89. The minimum atomic E-state index is -0.541. The first-order valence-electron chi connectivity index (χ1n) is 7.09. The summed E-state index contributed by atoms with van der Waals surface area (Å²) >= 11 is 0. The van der Waals surface area contributed by atoms with Crippen molar-refractivity contribution >= 4 is 23.6 Å². The molecular formula is C18H15FN2O2. The Labute approximate surface area is 133 Å². The second-order valence-electron chi connectivity index (χ2n) is 5.33. The third-order valence-corrected chi connectivity index (χ3v) is 3.40. The van der Waals surface area contributed by atoms with Crippen LogP contribution >= 0.6 is 0 Å². The number of rotatable bonds is 3. The lowest BCUT2D eigenvalue weighted by molar-refractivity contribution is -0.129. The first-order valence-corrected chi connectivity index (χ1v) is 7.09. The summed E-state index contributed by atoms with van der Waals surface area (Å²) in [5.41, 5.74) is 2.53. The van der Waals surface area contributed by atoms with Gasteiger partial charge in [-0.2, -0.15) is 0 Å². The molecule has 0 N–H and O–H groups in total. The number of aliphatic imine (C=N–C) groups is 1. The Hall–Kier alpha value is -2.95. The number of nitrogens with zero attached hydrogens (tertiary/aromatic N) is 2. The van der Waals surface area contributed by atoms with Crippen molar-refractivity contribution in [1.29, 1.82) is 0 Å². The first kappa shape index (κ1) is 15.0. The Morgan fingerprint density at radius 3 is 2.52 bits per heavy atom. The van der Waals surface area contributed by atoms with E-state index in [2.05, 4.69) is 4.99 Å². The van der Waals surface area contributed by atoms with E-state index in [4.69, 9.17) is 4.74 Å². The molecule has 0 aromatic heterocycles. The maximum atomic E-state index is 13.3. The van der Waals surface area contributed by atoms with Gasteiger partial charge in [0.05, 0.1) is 0 Å². The number of carbonyl (C=O) groups excluding carboxylic acids is 1. The van der Waals surface area contributed by atoms with E-state index in [9.17, 15) is 9.18 Å². The van der Waals surface area contributed by atoms with Crippen molar-refractivity contribution in [2.45, 2.75) is 0 Å². The second-order valence-corrected chi connectivity index (χ2v) is 5.33. The minimum absolute atomic E-state index is 0.116. The van der Waals surface area contributed by atoms with Gasteiger partial charge in [-0.3, -0.25) is 0 Å². The van der Waals surface area contributed by atoms with Crippen LogP contribution in [0.2, 0.25) is 0 Å². The van der Waals surface area contributed by atoms with Crippen molar-refractivity contribution < 1.29 is 13.9 Å². The van der Waals surface area contributed by atoms with Crippen molar-refractivity contribution in [3.8, 4) is 0 Å². The number of hydrogen-bond acceptors (Lipinski definition) is 4. The number of halogens is 1. The zero-order valence-electron chi connectivity index (χ0n) is 12.8. The Balaban J connectivity index is 1.88. The molecule has 1 heterocycles. The third-order valence-electron chi connectivity index (χ3n) is 3.40. The van der Waals surface area contributed by atoms with Crippen LogP contribution in [0.25, 0.3) is 6.08 Å². The molecule has 3 rings (SSSR count). The lowest BCUT2D eigenvalue weighted by Crippen LogP contribution is -2.08. The Morgan fingerprint density at radius 1 is 1.13 bits per heavy atom. The van der Waals surface area contributed by atoms with E-state index in [1.807, 2.05) is 43.3 Å². The molecule has 1 aliphatic heterocycles. The summed E-state index contributed by atoms with van der Waals surface area (Å²) in [7, 11) is 3.91. The molecule has 2 aromatic carbocycles. The number of esters is 1. The molecule has 0 atom stereocenters. The largest absolute Gasteiger partial charge is 0.402 e. The van der Waals surface area contributed by atoms with Crippen molar-refractivity contribution in [2.24, 2.45) is 4.99 Å². The van der Waals surface area contributed by atoms with E-state index in [1.165, 1.54) is 12.1 Å². The van der Waals surface area contributed by atoms with E-state index in [0.29, 0.717) is 5.56 Å². The summed E-state index contributed by atoms with van der Waals surface area (Å²) in [5, 5.41) is 0. The summed E-state index contributed by atoms with van der Waals surface area (Å²) in [6.07, 6.45) is 1.65. The molecule has 0 aliphatic carbocycles. The van der Waals surface area contributed by atoms with Crippen LogP contribution in [0, 0.1) is 5.82 Å². The van der Waals surface area contributed by atoms with Gasteiger partial charge >= 0.3 is 5.97 Å². The average molecular weight is 310 g/mol. The highest BCUT2D eigenvalue weighted by Crippen LogP contribution is 2.20. The Kier molecular flexibility index (Phi) is 3.93. The molecular weight excluding hydrogens is 295 g/mol. The molecule has 4 nitrogen and oxygen atoms in total. The van der Waals surface area contributed by atoms with Crippen molar-refractivity contribution in [2.75, 3.05) is 19.0 Å². The number of carbonyl (C=O) groups is 1. The fraction of sp³-hybridized carbons (Fsp3) is 0.111. The van der Waals surface area contributed by atoms with E-state index < -0.39 is 11.8 Å². The van der Waals surface area contributed by atoms with Crippen LogP contribution in [0.3, 0.4) is 0 Å². The number of cyclic esters (lactones) is 1. The van der Waals surface area contributed by atoms with Gasteiger partial charge in [0, 0.05) is 25.3 Å². The van der Waals surface area contributed by atoms with Crippen molar-refractivity contribution in [3.05, 3.63) is 71.2 Å². The standard InChI is InChI=1S/C18H15FN2O2/c1-21(2)15-8-6-12(7-9-15)10-16-18(22)23-17(20-16)13-4-3-5-14(19)11-13/h3-11H,1-2H3/b16-10-. The highest BCUT2D eigenvalue weighted by atomic mass is 19.1. The van der Waals surface area contributed by atoms with E-state index >= 15 is 0 Å². The van der Waals surface area contributed by atoms with E-state index in [1.54, 1.807) is 18.2 Å². The predicted octanol–water partition coefficient (Wildman–Crippen LogP) is 3.24. The zero-order valence-corrected chi connectivity index (χ0v) is 12.8. The molecule has 1 aliphatic rings. The molecule has 0 spiro atoms. The van der Waals surface area contributed by atoms with Gasteiger partial charge in [0.25, 0.3) is 0 Å². The molecule has 0 amide bonds. The monoisotopic (exact) mass is 310 g/mol. The van der Waals surface area contributed by atoms with Gasteiger partial charge in [0.1, 0.15) is 5.82 Å². The van der Waals surface area contributed by atoms with Gasteiger partial charge in [-0.25, -0.2) is 14.2 Å². The normalized spacial score (nSPS) is 15.5. The molecule has 5 heteroatoms. The molecule has 0 bridgehead atoms. The minimum Gasteiger partial charge on any atom is -0.402 e. The lowest BCUT2D eigenvalue weighted by Gasteiger charge is -2.11. The van der Waals surface area contributed by atoms with Crippen molar-refractivity contribution in [1.82, 2.24) is 0 Å². The summed E-state index contributed by atoms with van der Waals surface area (Å²) < 4.78 is 18.4. The predicted molar refractivity (Wildman–Crippen MR) is 87.8 cm³/mol. The van der Waals surface area contributed by atoms with Gasteiger partial charge in [0.15, 0.2) is 5.70 Å². The van der Waals surface area contributed by atoms with Crippen LogP contribution in [0.4, 0.5) is 10.1 Å². The van der Waals surface area contributed by atoms with Gasteiger partial charge in [0.2, 0.25) is 5.90 Å². The van der Waals surface area contributed by atoms with Crippen LogP contribution in [0.15, 0.2) is 59.2 Å². The molecule has 23 heavy (non-hydrogen) atoms. The molecule has 0 unspecified atom stereocenters. The van der Waals surface area contributed by atoms with E-state index in [-0.39, 0.29) is 11.6 Å². The molecule has 116 valence electrons. The summed E-state index contributed by atoms with van der Waals surface area (Å²) in [6, 6.07) is 13.5. The fourth-order valence-corrected chi connectivity index (χ4v) is 2.18. The van der Waals surface area contributed by atoms with Crippen LogP contribution in [0.1, 0.15) is 11.1 Å². The quantitative estimate of drug-likeness (QED) is 0.645. The Bertz CT molecular complexity index is 808. The number of hydrogen-bond donors (Lipinski definition) is 0. The number of benzene rings is 2. The summed E-state index contributed by atoms with van der Waals surface area (Å²) in [4.78, 5) is 18.1. The van der Waals surface area contributed by atoms with Crippen LogP contribution in [0.5, 0.6) is 0 Å². The number of anilines is 1. The highest BCUT2D eigenvalue weighted by molar-refractivity contribution is 6.12. The summed E-state index contributed by atoms with van der Waals surface area (Å²) in [5.74, 6) is -0.829. The molecule has 0 saturated carbocycles. The second kappa shape index (κ2) is 6.04. The van der Waals surface area contributed by atoms with Crippen LogP contribution < -0.4 is 4.90 Å². The van der Waals surface area contributed by atoms with Crippen molar-refractivity contribution in [3.63, 3.8) is 0 Å². The Morgan fingerprint density at radius 2 is 1.87 bits per heavy atom. The topological polar surface area (TPSA) is 41.9 Å². The van der Waals surface area contributed by atoms with Gasteiger partial charge < -0.3 is 9.64 Å². The number of ether oxygens (including phenoxy) is 1. The van der Waals surface area contributed by atoms with E-state index in [0.717, 1.165) is 11.3 Å². The maximum absolute atomic E-state index is 13.3. The lowest BCUT2D eigenvalue weighted by atomic mass is 10.1. The van der Waals surface area contributed by atoms with Crippen LogP contribution in [-0.4, -0.2) is 26.0 Å². The summed E-state index contributed by atoms with van der Waals surface area (Å²) in [6.45, 7) is 0. The SMILES string of the molecule is CN(C)c1ccc(/C=C2\N=C(c3cccc(F)c3)OC2=O)cc1. The maximum Gasteiger partial charge on any atom is 0.363 e. The third kappa shape index (κ3) is 3.29. The smallest absolute Gasteiger partial charge is 0.363 e. The van der Waals surface area contributed by atoms with Crippen LogP contribution in [-0.2, 0) is 9.53 Å².